The van der Waals surface area contributed by atoms with Gasteiger partial charge in [-0.05, 0) is 49.8 Å². The molecule has 1 aliphatic rings. The number of rotatable bonds is 3. The van der Waals surface area contributed by atoms with E-state index in [2.05, 4.69) is 17.1 Å². The lowest BCUT2D eigenvalue weighted by Gasteiger charge is -2.34. The number of nitrogens with zero attached hydrogens (tertiary/aromatic N) is 2. The Kier molecular flexibility index (Phi) is 4.00. The Morgan fingerprint density at radius 2 is 2.14 bits per heavy atom. The van der Waals surface area contributed by atoms with Crippen molar-refractivity contribution >= 4 is 11.6 Å². The lowest BCUT2D eigenvalue weighted by atomic mass is 9.76. The van der Waals surface area contributed by atoms with E-state index in [0.29, 0.717) is 16.7 Å². The summed E-state index contributed by atoms with van der Waals surface area (Å²) in [6, 6.07) is 7.40. The first kappa shape index (κ1) is 14.5. The average molecular weight is 306 g/mol. The molecule has 0 spiro atoms. The van der Waals surface area contributed by atoms with E-state index in [1.165, 1.54) is 6.42 Å². The van der Waals surface area contributed by atoms with E-state index in [9.17, 15) is 0 Å². The zero-order valence-corrected chi connectivity index (χ0v) is 12.9. The minimum Gasteiger partial charge on any atom is -0.334 e. The first-order valence-corrected chi connectivity index (χ1v) is 7.87. The van der Waals surface area contributed by atoms with E-state index in [-0.39, 0.29) is 0 Å². The quantitative estimate of drug-likeness (QED) is 0.925. The van der Waals surface area contributed by atoms with Gasteiger partial charge in [-0.3, -0.25) is 0 Å². The maximum atomic E-state index is 6.51. The van der Waals surface area contributed by atoms with Gasteiger partial charge in [-0.2, -0.15) is 4.98 Å². The molecule has 1 heterocycles. The van der Waals surface area contributed by atoms with Crippen molar-refractivity contribution in [2.24, 2.45) is 11.7 Å². The van der Waals surface area contributed by atoms with Crippen LogP contribution in [0, 0.1) is 5.92 Å². The third kappa shape index (κ3) is 2.97. The lowest BCUT2D eigenvalue weighted by Crippen LogP contribution is -2.41. The van der Waals surface area contributed by atoms with Gasteiger partial charge in [0.2, 0.25) is 0 Å². The van der Waals surface area contributed by atoms with Crippen molar-refractivity contribution < 1.29 is 4.52 Å². The van der Waals surface area contributed by atoms with Crippen molar-refractivity contribution in [3.05, 3.63) is 35.1 Å². The van der Waals surface area contributed by atoms with E-state index in [1.807, 2.05) is 24.3 Å². The number of hydrogen-bond acceptors (Lipinski definition) is 4. The zero-order valence-electron chi connectivity index (χ0n) is 12.2. The van der Waals surface area contributed by atoms with Crippen LogP contribution in [0.5, 0.6) is 0 Å². The smallest absolute Gasteiger partial charge is 0.258 e. The van der Waals surface area contributed by atoms with Crippen LogP contribution in [0.15, 0.2) is 28.8 Å². The molecule has 0 atom stereocenters. The summed E-state index contributed by atoms with van der Waals surface area (Å²) in [4.78, 5) is 4.51. The van der Waals surface area contributed by atoms with Gasteiger partial charge in [-0.1, -0.05) is 36.2 Å². The van der Waals surface area contributed by atoms with E-state index in [4.69, 9.17) is 21.9 Å². The SMILES string of the molecule is CCC1CCC(N)(c2noc(-c3cccc(Cl)c3)n2)CC1. The van der Waals surface area contributed by atoms with Gasteiger partial charge in [0.1, 0.15) is 0 Å². The van der Waals surface area contributed by atoms with Crippen LogP contribution < -0.4 is 5.73 Å². The molecule has 21 heavy (non-hydrogen) atoms. The number of benzene rings is 1. The molecule has 0 amide bonds. The van der Waals surface area contributed by atoms with Crippen LogP contribution in [0.3, 0.4) is 0 Å². The lowest BCUT2D eigenvalue weighted by molar-refractivity contribution is 0.216. The molecule has 0 aliphatic heterocycles. The topological polar surface area (TPSA) is 64.9 Å². The van der Waals surface area contributed by atoms with Crippen molar-refractivity contribution in [2.45, 2.75) is 44.6 Å². The second-order valence-corrected chi connectivity index (χ2v) is 6.38. The standard InChI is InChI=1S/C16H20ClN3O/c1-2-11-6-8-16(18,9-7-11)15-19-14(21-20-15)12-4-3-5-13(17)10-12/h3-5,10-11H,2,6-9,18H2,1H3. The Bertz CT molecular complexity index is 617. The van der Waals surface area contributed by atoms with Crippen molar-refractivity contribution in [1.29, 1.82) is 0 Å². The van der Waals surface area contributed by atoms with Gasteiger partial charge in [0.25, 0.3) is 5.89 Å². The summed E-state index contributed by atoms with van der Waals surface area (Å²) < 4.78 is 5.38. The van der Waals surface area contributed by atoms with Crippen LogP contribution in [0.25, 0.3) is 11.5 Å². The second-order valence-electron chi connectivity index (χ2n) is 5.94. The molecular formula is C16H20ClN3O. The van der Waals surface area contributed by atoms with Crippen LogP contribution in [0.2, 0.25) is 5.02 Å². The van der Waals surface area contributed by atoms with E-state index < -0.39 is 5.54 Å². The Hall–Kier alpha value is -1.39. The molecule has 1 aromatic carbocycles. The van der Waals surface area contributed by atoms with Crippen LogP contribution in [0.1, 0.15) is 44.9 Å². The molecule has 0 bridgehead atoms. The van der Waals surface area contributed by atoms with Gasteiger partial charge >= 0.3 is 0 Å². The highest BCUT2D eigenvalue weighted by molar-refractivity contribution is 6.30. The Balaban J connectivity index is 1.82. The molecule has 0 saturated heterocycles. The van der Waals surface area contributed by atoms with Gasteiger partial charge in [-0.15, -0.1) is 0 Å². The fourth-order valence-electron chi connectivity index (χ4n) is 2.99. The highest BCUT2D eigenvalue weighted by atomic mass is 35.5. The second kappa shape index (κ2) is 5.78. The van der Waals surface area contributed by atoms with Crippen molar-refractivity contribution in [3.8, 4) is 11.5 Å². The summed E-state index contributed by atoms with van der Waals surface area (Å²) in [5.74, 6) is 1.88. The minimum atomic E-state index is -0.452. The highest BCUT2D eigenvalue weighted by Gasteiger charge is 2.36. The largest absolute Gasteiger partial charge is 0.334 e. The fraction of sp³-hybridized carbons (Fsp3) is 0.500. The third-order valence-electron chi connectivity index (χ3n) is 4.52. The Morgan fingerprint density at radius 1 is 1.38 bits per heavy atom. The molecule has 2 N–H and O–H groups in total. The van der Waals surface area contributed by atoms with Gasteiger partial charge in [0, 0.05) is 10.6 Å². The molecule has 1 aliphatic carbocycles. The molecule has 1 fully saturated rings. The summed E-state index contributed by atoms with van der Waals surface area (Å²) in [5, 5.41) is 4.77. The van der Waals surface area contributed by atoms with Gasteiger partial charge in [-0.25, -0.2) is 0 Å². The first-order chi connectivity index (χ1) is 10.1. The molecular weight excluding hydrogens is 286 g/mol. The zero-order chi connectivity index (χ0) is 14.9. The molecule has 0 unspecified atom stereocenters. The normalized spacial score (nSPS) is 26.0. The van der Waals surface area contributed by atoms with Crippen LogP contribution in [-0.4, -0.2) is 10.1 Å². The molecule has 0 radical (unpaired) electrons. The third-order valence-corrected chi connectivity index (χ3v) is 4.75. The van der Waals surface area contributed by atoms with Crippen molar-refractivity contribution in [2.75, 3.05) is 0 Å². The van der Waals surface area contributed by atoms with Crippen molar-refractivity contribution in [1.82, 2.24) is 10.1 Å². The van der Waals surface area contributed by atoms with Crippen LogP contribution in [-0.2, 0) is 5.54 Å². The summed E-state index contributed by atoms with van der Waals surface area (Å²) >= 11 is 6.00. The maximum Gasteiger partial charge on any atom is 0.258 e. The fourth-order valence-corrected chi connectivity index (χ4v) is 3.18. The van der Waals surface area contributed by atoms with E-state index in [1.54, 1.807) is 0 Å². The predicted molar refractivity (Wildman–Crippen MR) is 82.9 cm³/mol. The van der Waals surface area contributed by atoms with Crippen LogP contribution >= 0.6 is 11.6 Å². The van der Waals surface area contributed by atoms with Gasteiger partial charge < -0.3 is 10.3 Å². The number of aromatic nitrogens is 2. The summed E-state index contributed by atoms with van der Waals surface area (Å²) in [6.45, 7) is 2.24. The monoisotopic (exact) mass is 305 g/mol. The molecule has 1 aromatic heterocycles. The number of halogens is 1. The van der Waals surface area contributed by atoms with Crippen LogP contribution in [0.4, 0.5) is 0 Å². The van der Waals surface area contributed by atoms with E-state index in [0.717, 1.165) is 37.2 Å². The molecule has 112 valence electrons. The Labute approximate surface area is 129 Å². The summed E-state index contributed by atoms with van der Waals surface area (Å²) in [6.07, 6.45) is 5.32. The first-order valence-electron chi connectivity index (χ1n) is 7.50. The molecule has 5 heteroatoms. The summed E-state index contributed by atoms with van der Waals surface area (Å²) in [7, 11) is 0. The van der Waals surface area contributed by atoms with Gasteiger partial charge in [0.05, 0.1) is 5.54 Å². The Morgan fingerprint density at radius 3 is 2.81 bits per heavy atom. The summed E-state index contributed by atoms with van der Waals surface area (Å²) in [5.41, 5.74) is 6.88. The highest BCUT2D eigenvalue weighted by Crippen LogP contribution is 2.38. The maximum absolute atomic E-state index is 6.51. The molecule has 2 aromatic rings. The number of nitrogens with two attached hydrogens (primary N) is 1. The van der Waals surface area contributed by atoms with Crippen molar-refractivity contribution in [3.63, 3.8) is 0 Å². The number of hydrogen-bond donors (Lipinski definition) is 1. The minimum absolute atomic E-state index is 0.452. The molecule has 1 saturated carbocycles. The molecule has 4 nitrogen and oxygen atoms in total. The molecule has 3 rings (SSSR count). The van der Waals surface area contributed by atoms with E-state index >= 15 is 0 Å². The predicted octanol–water partition coefficient (Wildman–Crippen LogP) is 4.14. The average Bonchev–Trinajstić information content (AvgIpc) is 2.99. The van der Waals surface area contributed by atoms with Gasteiger partial charge in [0.15, 0.2) is 5.82 Å².